The molecule has 1 saturated carbocycles. The van der Waals surface area contributed by atoms with Gasteiger partial charge in [-0.25, -0.2) is 8.42 Å². The van der Waals surface area contributed by atoms with E-state index in [-0.39, 0.29) is 0 Å². The average Bonchev–Trinajstić information content (AvgIpc) is 2.11. The van der Waals surface area contributed by atoms with E-state index in [9.17, 15) is 8.42 Å². The highest BCUT2D eigenvalue weighted by atomic mass is 32.2. The molecule has 0 spiro atoms. The van der Waals surface area contributed by atoms with Crippen LogP contribution in [-0.2, 0) is 9.84 Å². The van der Waals surface area contributed by atoms with Crippen LogP contribution in [0.2, 0.25) is 0 Å². The van der Waals surface area contributed by atoms with Crippen LogP contribution >= 0.6 is 0 Å². The van der Waals surface area contributed by atoms with Crippen molar-refractivity contribution in [3.05, 3.63) is 0 Å². The molecule has 1 N–H and O–H groups in total. The first-order chi connectivity index (χ1) is 7.47. The van der Waals surface area contributed by atoms with E-state index >= 15 is 0 Å². The monoisotopic (exact) mass is 247 g/mol. The minimum atomic E-state index is -2.78. The first-order valence-corrected chi connectivity index (χ1v) is 8.42. The second kappa shape index (κ2) is 6.01. The zero-order chi connectivity index (χ0) is 12.1. The van der Waals surface area contributed by atoms with Crippen LogP contribution in [0.1, 0.15) is 45.4 Å². The molecule has 1 aliphatic carbocycles. The lowest BCUT2D eigenvalue weighted by Crippen LogP contribution is -2.40. The lowest BCUT2D eigenvalue weighted by molar-refractivity contribution is 0.116. The van der Waals surface area contributed by atoms with Gasteiger partial charge in [0.05, 0.1) is 0 Å². The van der Waals surface area contributed by atoms with Gasteiger partial charge in [0.2, 0.25) is 0 Å². The van der Waals surface area contributed by atoms with Crippen LogP contribution in [0, 0.1) is 5.41 Å². The van der Waals surface area contributed by atoms with E-state index < -0.39 is 9.84 Å². The van der Waals surface area contributed by atoms with Gasteiger partial charge in [0, 0.05) is 18.6 Å². The van der Waals surface area contributed by atoms with E-state index in [1.807, 2.05) is 0 Å². The minimum absolute atomic E-state index is 0.350. The van der Waals surface area contributed by atoms with Crippen molar-refractivity contribution >= 4 is 9.84 Å². The molecule has 0 aromatic rings. The normalized spacial score (nSPS) is 19.4. The molecule has 1 rings (SSSR count). The van der Waals surface area contributed by atoms with Gasteiger partial charge in [-0.3, -0.25) is 0 Å². The molecular formula is C12H25NO2S. The first-order valence-electron chi connectivity index (χ1n) is 6.36. The molecule has 1 aliphatic rings. The van der Waals surface area contributed by atoms with E-state index in [0.717, 1.165) is 25.9 Å². The highest BCUT2D eigenvalue weighted by Gasteiger charge is 2.35. The molecule has 0 unspecified atom stereocenters. The summed E-state index contributed by atoms with van der Waals surface area (Å²) in [6.07, 6.45) is 8.24. The number of sulfone groups is 1. The number of hydrogen-bond acceptors (Lipinski definition) is 3. The van der Waals surface area contributed by atoms with Crippen LogP contribution in [0.25, 0.3) is 0 Å². The maximum atomic E-state index is 11.1. The predicted molar refractivity (Wildman–Crippen MR) is 68.4 cm³/mol. The summed E-state index contributed by atoms with van der Waals surface area (Å²) in [6, 6.07) is 0. The summed E-state index contributed by atoms with van der Waals surface area (Å²) in [4.78, 5) is 0. The van der Waals surface area contributed by atoms with Crippen LogP contribution in [0.4, 0.5) is 0 Å². The molecule has 1 fully saturated rings. The Kier molecular flexibility index (Phi) is 5.25. The van der Waals surface area contributed by atoms with Crippen LogP contribution in [0.15, 0.2) is 0 Å². The summed E-state index contributed by atoms with van der Waals surface area (Å²) in [6.45, 7) is 4.32. The molecule has 96 valence electrons. The Bertz CT molecular complexity index is 294. The summed E-state index contributed by atoms with van der Waals surface area (Å²) in [7, 11) is -2.78. The van der Waals surface area contributed by atoms with Crippen molar-refractivity contribution in [1.29, 1.82) is 0 Å². The lowest BCUT2D eigenvalue weighted by atomic mass is 9.66. The van der Waals surface area contributed by atoms with Crippen molar-refractivity contribution in [3.63, 3.8) is 0 Å². The molecule has 4 heteroatoms. The fourth-order valence-corrected chi connectivity index (χ4v) is 3.10. The Labute approximate surface area is 99.9 Å². The van der Waals surface area contributed by atoms with Gasteiger partial charge < -0.3 is 5.32 Å². The van der Waals surface area contributed by atoms with E-state index in [1.165, 1.54) is 31.9 Å². The van der Waals surface area contributed by atoms with Crippen LogP contribution < -0.4 is 5.32 Å². The van der Waals surface area contributed by atoms with E-state index in [1.54, 1.807) is 0 Å². The highest BCUT2D eigenvalue weighted by molar-refractivity contribution is 7.90. The van der Waals surface area contributed by atoms with Gasteiger partial charge in [-0.05, 0) is 44.1 Å². The third-order valence-corrected chi connectivity index (χ3v) is 4.59. The maximum absolute atomic E-state index is 11.1. The smallest absolute Gasteiger partial charge is 0.147 e. The standard InChI is InChI=1S/C12H25NO2S/c1-3-9-13-11-12(6-4-7-12)8-5-10-16(2,14)15/h13H,3-11H2,1-2H3. The van der Waals surface area contributed by atoms with Crippen molar-refractivity contribution in [3.8, 4) is 0 Å². The third-order valence-electron chi connectivity index (χ3n) is 3.56. The van der Waals surface area contributed by atoms with Crippen molar-refractivity contribution in [2.45, 2.75) is 45.4 Å². The average molecular weight is 247 g/mol. The minimum Gasteiger partial charge on any atom is -0.316 e. The summed E-state index contributed by atoms with van der Waals surface area (Å²) in [5, 5.41) is 3.48. The van der Waals surface area contributed by atoms with Gasteiger partial charge in [-0.1, -0.05) is 13.3 Å². The van der Waals surface area contributed by atoms with Crippen molar-refractivity contribution in [1.82, 2.24) is 5.32 Å². The van der Waals surface area contributed by atoms with Gasteiger partial charge in [0.25, 0.3) is 0 Å². The van der Waals surface area contributed by atoms with Gasteiger partial charge in [-0.15, -0.1) is 0 Å². The van der Waals surface area contributed by atoms with Crippen LogP contribution in [0.3, 0.4) is 0 Å². The lowest BCUT2D eigenvalue weighted by Gasteiger charge is -2.42. The van der Waals surface area contributed by atoms with Crippen LogP contribution in [0.5, 0.6) is 0 Å². The zero-order valence-electron chi connectivity index (χ0n) is 10.6. The summed E-state index contributed by atoms with van der Waals surface area (Å²) >= 11 is 0. The van der Waals surface area contributed by atoms with Crippen LogP contribution in [-0.4, -0.2) is 33.5 Å². The Morgan fingerprint density at radius 2 is 2.00 bits per heavy atom. The SMILES string of the molecule is CCCNCC1(CCCS(C)(=O)=O)CCC1. The number of hydrogen-bond donors (Lipinski definition) is 1. The van der Waals surface area contributed by atoms with E-state index in [0.29, 0.717) is 11.2 Å². The fourth-order valence-electron chi connectivity index (χ4n) is 2.43. The Morgan fingerprint density at radius 3 is 2.44 bits per heavy atom. The Morgan fingerprint density at radius 1 is 1.31 bits per heavy atom. The Hall–Kier alpha value is -0.0900. The molecule has 0 aromatic carbocycles. The van der Waals surface area contributed by atoms with Gasteiger partial charge >= 0.3 is 0 Å². The second-order valence-electron chi connectivity index (χ2n) is 5.26. The summed E-state index contributed by atoms with van der Waals surface area (Å²) < 4.78 is 22.1. The quantitative estimate of drug-likeness (QED) is 0.667. The molecular weight excluding hydrogens is 222 g/mol. The van der Waals surface area contributed by atoms with Crippen molar-refractivity contribution in [2.75, 3.05) is 25.1 Å². The largest absolute Gasteiger partial charge is 0.316 e. The van der Waals surface area contributed by atoms with Gasteiger partial charge in [0.1, 0.15) is 9.84 Å². The number of nitrogens with one attached hydrogen (secondary N) is 1. The fraction of sp³-hybridized carbons (Fsp3) is 1.00. The summed E-state index contributed by atoms with van der Waals surface area (Å²) in [5.74, 6) is 0.350. The second-order valence-corrected chi connectivity index (χ2v) is 7.52. The van der Waals surface area contributed by atoms with Crippen molar-refractivity contribution < 1.29 is 8.42 Å². The summed E-state index contributed by atoms with van der Waals surface area (Å²) in [5.41, 5.74) is 0.417. The first kappa shape index (κ1) is 14.0. The molecule has 0 atom stereocenters. The number of rotatable bonds is 8. The highest BCUT2D eigenvalue weighted by Crippen LogP contribution is 2.44. The van der Waals surface area contributed by atoms with E-state index in [2.05, 4.69) is 12.2 Å². The topological polar surface area (TPSA) is 46.2 Å². The maximum Gasteiger partial charge on any atom is 0.147 e. The van der Waals surface area contributed by atoms with Crippen molar-refractivity contribution in [2.24, 2.45) is 5.41 Å². The Balaban J connectivity index is 2.25. The molecule has 0 aliphatic heterocycles. The van der Waals surface area contributed by atoms with Gasteiger partial charge in [-0.2, -0.15) is 0 Å². The molecule has 3 nitrogen and oxygen atoms in total. The molecule has 16 heavy (non-hydrogen) atoms. The molecule has 0 heterocycles. The zero-order valence-corrected chi connectivity index (χ0v) is 11.4. The third kappa shape index (κ3) is 4.83. The molecule has 0 saturated heterocycles. The molecule has 0 radical (unpaired) electrons. The molecule has 0 aromatic heterocycles. The molecule has 0 amide bonds. The van der Waals surface area contributed by atoms with E-state index in [4.69, 9.17) is 0 Å². The van der Waals surface area contributed by atoms with Gasteiger partial charge in [0.15, 0.2) is 0 Å². The molecule has 0 bridgehead atoms. The predicted octanol–water partition coefficient (Wildman–Crippen LogP) is 1.98.